The molecule has 160 valence electrons. The maximum atomic E-state index is 12.0. The van der Waals surface area contributed by atoms with Gasteiger partial charge in [-0.3, -0.25) is 4.79 Å². The van der Waals surface area contributed by atoms with Crippen LogP contribution in [-0.4, -0.2) is 29.3 Å². The number of nitrogens with zero attached hydrogens (tertiary/aromatic N) is 1. The third-order valence-corrected chi connectivity index (χ3v) is 5.43. The van der Waals surface area contributed by atoms with Crippen LogP contribution < -0.4 is 5.73 Å². The Bertz CT molecular complexity index is 876. The number of carbonyl (C=O) groups is 1. The smallest absolute Gasteiger partial charge is 0.250 e. The molecule has 1 unspecified atom stereocenters. The number of nitrogens with two attached hydrogens (primary N) is 1. The molecule has 0 spiro atoms. The number of methoxy groups -OCH3 is 1. The standard InChI is InChI=1S/C24H36N2O3/c1-14(13-29-9)26-15(2)17(22(25)28)12-20(26)16-10-18(23(3,4)5)21(27)19(11-16)24(6,7)8/h10-12,14,27H,13H2,1-9H3,(H2,25,28). The van der Waals surface area contributed by atoms with E-state index >= 15 is 0 Å². The lowest BCUT2D eigenvalue weighted by Crippen LogP contribution is -2.18. The summed E-state index contributed by atoms with van der Waals surface area (Å²) in [6, 6.07) is 5.93. The van der Waals surface area contributed by atoms with Crippen LogP contribution in [0.25, 0.3) is 11.3 Å². The lowest BCUT2D eigenvalue weighted by atomic mass is 9.78. The molecular formula is C24H36N2O3. The third-order valence-electron chi connectivity index (χ3n) is 5.43. The van der Waals surface area contributed by atoms with Crippen molar-refractivity contribution >= 4 is 5.91 Å². The summed E-state index contributed by atoms with van der Waals surface area (Å²) in [6.45, 7) is 17.0. The average molecular weight is 401 g/mol. The van der Waals surface area contributed by atoms with Gasteiger partial charge in [0.2, 0.25) is 0 Å². The molecule has 0 aliphatic heterocycles. The van der Waals surface area contributed by atoms with Gasteiger partial charge >= 0.3 is 0 Å². The summed E-state index contributed by atoms with van der Waals surface area (Å²) >= 11 is 0. The van der Waals surface area contributed by atoms with Gasteiger partial charge in [0.1, 0.15) is 5.75 Å². The molecule has 0 bridgehead atoms. The molecule has 0 aliphatic rings. The summed E-state index contributed by atoms with van der Waals surface area (Å²) in [5.41, 5.74) is 10.1. The predicted octanol–water partition coefficient (Wildman–Crippen LogP) is 5.07. The van der Waals surface area contributed by atoms with E-state index in [0.717, 1.165) is 28.1 Å². The number of phenolic OH excluding ortho intramolecular Hbond substituents is 1. The molecule has 1 aromatic heterocycles. The lowest BCUT2D eigenvalue weighted by Gasteiger charge is -2.29. The van der Waals surface area contributed by atoms with Crippen LogP contribution >= 0.6 is 0 Å². The number of phenols is 1. The molecule has 0 saturated heterocycles. The van der Waals surface area contributed by atoms with Crippen molar-refractivity contribution < 1.29 is 14.6 Å². The van der Waals surface area contributed by atoms with Crippen molar-refractivity contribution in [3.8, 4) is 17.0 Å². The summed E-state index contributed by atoms with van der Waals surface area (Å²) in [6.07, 6.45) is 0. The summed E-state index contributed by atoms with van der Waals surface area (Å²) in [4.78, 5) is 12.0. The number of benzene rings is 1. The van der Waals surface area contributed by atoms with Crippen molar-refractivity contribution in [2.45, 2.75) is 72.3 Å². The summed E-state index contributed by atoms with van der Waals surface area (Å²) < 4.78 is 7.48. The van der Waals surface area contributed by atoms with Crippen molar-refractivity contribution in [3.63, 3.8) is 0 Å². The van der Waals surface area contributed by atoms with Crippen LogP contribution in [0.5, 0.6) is 5.75 Å². The van der Waals surface area contributed by atoms with Crippen LogP contribution in [0.3, 0.4) is 0 Å². The number of ether oxygens (including phenoxy) is 1. The monoisotopic (exact) mass is 400 g/mol. The predicted molar refractivity (Wildman–Crippen MR) is 119 cm³/mol. The van der Waals surface area contributed by atoms with E-state index in [-0.39, 0.29) is 16.9 Å². The van der Waals surface area contributed by atoms with E-state index in [2.05, 4.69) is 53.0 Å². The molecule has 2 rings (SSSR count). The van der Waals surface area contributed by atoms with Crippen molar-refractivity contribution in [1.82, 2.24) is 4.57 Å². The molecule has 29 heavy (non-hydrogen) atoms. The Morgan fingerprint density at radius 2 is 1.59 bits per heavy atom. The maximum Gasteiger partial charge on any atom is 0.250 e. The van der Waals surface area contributed by atoms with Gasteiger partial charge < -0.3 is 20.1 Å². The minimum absolute atomic E-state index is 0.0214. The Balaban J connectivity index is 2.90. The van der Waals surface area contributed by atoms with E-state index in [1.54, 1.807) is 7.11 Å². The minimum Gasteiger partial charge on any atom is -0.507 e. The van der Waals surface area contributed by atoms with Gasteiger partial charge in [-0.25, -0.2) is 0 Å². The first-order valence-corrected chi connectivity index (χ1v) is 10.1. The fraction of sp³-hybridized carbons (Fsp3) is 0.542. The fourth-order valence-corrected chi connectivity index (χ4v) is 3.90. The molecule has 0 fully saturated rings. The molecule has 3 N–H and O–H groups in total. The van der Waals surface area contributed by atoms with Crippen LogP contribution in [0.15, 0.2) is 18.2 Å². The van der Waals surface area contributed by atoms with Crippen LogP contribution in [0, 0.1) is 6.92 Å². The van der Waals surface area contributed by atoms with Crippen LogP contribution in [-0.2, 0) is 15.6 Å². The average Bonchev–Trinajstić information content (AvgIpc) is 2.90. The van der Waals surface area contributed by atoms with E-state index in [1.807, 2.05) is 25.1 Å². The van der Waals surface area contributed by atoms with Gasteiger partial charge in [-0.15, -0.1) is 0 Å². The Hall–Kier alpha value is -2.27. The molecule has 1 amide bonds. The Morgan fingerprint density at radius 3 is 1.97 bits per heavy atom. The minimum atomic E-state index is -0.446. The largest absolute Gasteiger partial charge is 0.507 e. The Labute approximate surface area is 174 Å². The number of hydrogen-bond donors (Lipinski definition) is 2. The zero-order valence-electron chi connectivity index (χ0n) is 19.3. The number of hydrogen-bond acceptors (Lipinski definition) is 3. The van der Waals surface area contributed by atoms with Gasteiger partial charge in [-0.2, -0.15) is 0 Å². The van der Waals surface area contributed by atoms with E-state index in [4.69, 9.17) is 10.5 Å². The zero-order chi connectivity index (χ0) is 22.3. The number of carbonyl (C=O) groups excluding carboxylic acids is 1. The maximum absolute atomic E-state index is 12.0. The van der Waals surface area contributed by atoms with E-state index in [1.165, 1.54) is 0 Å². The highest BCUT2D eigenvalue weighted by molar-refractivity contribution is 5.95. The van der Waals surface area contributed by atoms with Crippen LogP contribution in [0.1, 0.15) is 81.7 Å². The Kier molecular flexibility index (Phi) is 6.24. The first kappa shape index (κ1) is 23.0. The molecule has 0 aliphatic carbocycles. The number of amides is 1. The van der Waals surface area contributed by atoms with Crippen molar-refractivity contribution in [2.24, 2.45) is 5.73 Å². The molecule has 1 aromatic carbocycles. The number of primary amides is 1. The van der Waals surface area contributed by atoms with Crippen molar-refractivity contribution in [3.05, 3.63) is 40.6 Å². The number of aromatic nitrogens is 1. The highest BCUT2D eigenvalue weighted by atomic mass is 16.5. The van der Waals surface area contributed by atoms with E-state index in [9.17, 15) is 9.90 Å². The Morgan fingerprint density at radius 1 is 1.10 bits per heavy atom. The van der Waals surface area contributed by atoms with Gasteiger partial charge in [-0.1, -0.05) is 41.5 Å². The first-order valence-electron chi connectivity index (χ1n) is 10.1. The quantitative estimate of drug-likeness (QED) is 0.735. The molecule has 2 aromatic rings. The number of rotatable bonds is 5. The highest BCUT2D eigenvalue weighted by Crippen LogP contribution is 2.43. The fourth-order valence-electron chi connectivity index (χ4n) is 3.90. The second-order valence-electron chi connectivity index (χ2n) is 9.99. The zero-order valence-corrected chi connectivity index (χ0v) is 19.3. The molecule has 1 atom stereocenters. The van der Waals surface area contributed by atoms with E-state index < -0.39 is 5.91 Å². The first-order chi connectivity index (χ1) is 13.2. The second kappa shape index (κ2) is 7.86. The van der Waals surface area contributed by atoms with Gasteiger partial charge in [0.15, 0.2) is 0 Å². The van der Waals surface area contributed by atoms with Crippen molar-refractivity contribution in [1.29, 1.82) is 0 Å². The number of aromatic hydroxyl groups is 1. The SMILES string of the molecule is COCC(C)n1c(-c2cc(C(C)(C)C)c(O)c(C(C)(C)C)c2)cc(C(N)=O)c1C. The molecular weight excluding hydrogens is 364 g/mol. The van der Waals surface area contributed by atoms with E-state index in [0.29, 0.717) is 17.9 Å². The summed E-state index contributed by atoms with van der Waals surface area (Å²) in [7, 11) is 1.67. The lowest BCUT2D eigenvalue weighted by molar-refractivity contribution is 0.0999. The second-order valence-corrected chi connectivity index (χ2v) is 9.99. The van der Waals surface area contributed by atoms with Gasteiger partial charge in [-0.05, 0) is 48.4 Å². The summed E-state index contributed by atoms with van der Waals surface area (Å²) in [5.74, 6) is -0.110. The molecule has 0 saturated carbocycles. The molecule has 1 heterocycles. The third kappa shape index (κ3) is 4.50. The molecule has 5 heteroatoms. The van der Waals surface area contributed by atoms with Gasteiger partial charge in [0.25, 0.3) is 5.91 Å². The van der Waals surface area contributed by atoms with Gasteiger partial charge in [0, 0.05) is 29.6 Å². The van der Waals surface area contributed by atoms with Gasteiger partial charge in [0.05, 0.1) is 18.2 Å². The topological polar surface area (TPSA) is 77.5 Å². The highest BCUT2D eigenvalue weighted by Gasteiger charge is 2.28. The summed E-state index contributed by atoms with van der Waals surface area (Å²) in [5, 5.41) is 11.0. The van der Waals surface area contributed by atoms with Crippen LogP contribution in [0.2, 0.25) is 0 Å². The normalized spacial score (nSPS) is 13.6. The van der Waals surface area contributed by atoms with Crippen molar-refractivity contribution in [2.75, 3.05) is 13.7 Å². The van der Waals surface area contributed by atoms with Crippen LogP contribution in [0.4, 0.5) is 0 Å². The molecule has 5 nitrogen and oxygen atoms in total. The molecule has 0 radical (unpaired) electrons.